The Hall–Kier alpha value is -2.05. The maximum Gasteiger partial charge on any atom is 0.314 e. The fourth-order valence-corrected chi connectivity index (χ4v) is 3.06. The summed E-state index contributed by atoms with van der Waals surface area (Å²) in [6.45, 7) is 2.46. The van der Waals surface area contributed by atoms with Crippen molar-refractivity contribution in [1.82, 2.24) is 10.6 Å². The number of nitrogens with one attached hydrogen (secondary N) is 2. The summed E-state index contributed by atoms with van der Waals surface area (Å²) in [6, 6.07) is 11.4. The van der Waals surface area contributed by atoms with E-state index in [0.717, 1.165) is 23.5 Å². The van der Waals surface area contributed by atoms with Crippen molar-refractivity contribution < 1.29 is 14.6 Å². The largest absolute Gasteiger partial charge is 0.497 e. The SMILES string of the molecule is COc1ccc(CCCNC(=O)NC[C@](C)(O)c2cccs2)cc1. The quantitative estimate of drug-likeness (QED) is 0.643. The number of thiophene rings is 1. The number of rotatable bonds is 8. The predicted octanol–water partition coefficient (Wildman–Crippen LogP) is 2.90. The van der Waals surface area contributed by atoms with E-state index < -0.39 is 5.60 Å². The molecular weight excluding hydrogens is 324 g/mol. The van der Waals surface area contributed by atoms with E-state index in [0.29, 0.717) is 6.54 Å². The number of aliphatic hydroxyl groups is 1. The molecule has 130 valence electrons. The Bertz CT molecular complexity index is 624. The van der Waals surface area contributed by atoms with Crippen LogP contribution in [0.1, 0.15) is 23.8 Å². The Morgan fingerprint density at radius 1 is 1.25 bits per heavy atom. The Balaban J connectivity index is 1.64. The summed E-state index contributed by atoms with van der Waals surface area (Å²) >= 11 is 1.47. The summed E-state index contributed by atoms with van der Waals surface area (Å²) in [5, 5.41) is 17.8. The van der Waals surface area contributed by atoms with Gasteiger partial charge in [0.05, 0.1) is 13.7 Å². The summed E-state index contributed by atoms with van der Waals surface area (Å²) in [6.07, 6.45) is 1.73. The third-order valence-electron chi connectivity index (χ3n) is 3.73. The molecule has 2 aromatic rings. The molecule has 0 radical (unpaired) electrons. The molecule has 2 rings (SSSR count). The van der Waals surface area contributed by atoms with Crippen LogP contribution in [0.4, 0.5) is 4.79 Å². The highest BCUT2D eigenvalue weighted by Gasteiger charge is 2.24. The number of carbonyl (C=O) groups is 1. The van der Waals surface area contributed by atoms with Gasteiger partial charge in [0.2, 0.25) is 0 Å². The molecule has 1 atom stereocenters. The lowest BCUT2D eigenvalue weighted by atomic mass is 10.1. The molecule has 0 spiro atoms. The normalized spacial score (nSPS) is 13.1. The first-order valence-electron chi connectivity index (χ1n) is 7.92. The van der Waals surface area contributed by atoms with Gasteiger partial charge in [-0.3, -0.25) is 0 Å². The van der Waals surface area contributed by atoms with Crippen molar-refractivity contribution >= 4 is 17.4 Å². The molecule has 0 bridgehead atoms. The first kappa shape index (κ1) is 18.3. The average Bonchev–Trinajstić information content (AvgIpc) is 3.13. The van der Waals surface area contributed by atoms with Gasteiger partial charge in [-0.2, -0.15) is 0 Å². The van der Waals surface area contributed by atoms with Crippen LogP contribution >= 0.6 is 11.3 Å². The van der Waals surface area contributed by atoms with Gasteiger partial charge in [-0.1, -0.05) is 18.2 Å². The van der Waals surface area contributed by atoms with Crippen LogP contribution in [0.3, 0.4) is 0 Å². The van der Waals surface area contributed by atoms with Gasteiger partial charge in [0, 0.05) is 11.4 Å². The van der Waals surface area contributed by atoms with Crippen molar-refractivity contribution in [2.75, 3.05) is 20.2 Å². The van der Waals surface area contributed by atoms with Crippen molar-refractivity contribution in [3.05, 3.63) is 52.2 Å². The molecule has 24 heavy (non-hydrogen) atoms. The maximum absolute atomic E-state index is 11.8. The van der Waals surface area contributed by atoms with Crippen molar-refractivity contribution in [3.8, 4) is 5.75 Å². The number of hydrogen-bond acceptors (Lipinski definition) is 4. The standard InChI is InChI=1S/C18H24N2O3S/c1-18(22,16-6-4-12-24-16)13-20-17(21)19-11-3-5-14-7-9-15(23-2)10-8-14/h4,6-10,12,22H,3,5,11,13H2,1-2H3,(H2,19,20,21)/t18-/m0/s1. The first-order chi connectivity index (χ1) is 11.5. The number of benzene rings is 1. The Labute approximate surface area is 146 Å². The molecule has 0 saturated carbocycles. The van der Waals surface area contributed by atoms with Crippen molar-refractivity contribution in [2.45, 2.75) is 25.4 Å². The number of hydrogen-bond donors (Lipinski definition) is 3. The smallest absolute Gasteiger partial charge is 0.314 e. The van der Waals surface area contributed by atoms with Crippen molar-refractivity contribution in [3.63, 3.8) is 0 Å². The predicted molar refractivity (Wildman–Crippen MR) is 96.6 cm³/mol. The van der Waals surface area contributed by atoms with Crippen molar-refractivity contribution in [2.24, 2.45) is 0 Å². The minimum absolute atomic E-state index is 0.178. The third kappa shape index (κ3) is 5.54. The Kier molecular flexibility index (Phi) is 6.63. The lowest BCUT2D eigenvalue weighted by Gasteiger charge is -2.22. The van der Waals surface area contributed by atoms with E-state index in [1.165, 1.54) is 16.9 Å². The van der Waals surface area contributed by atoms with E-state index in [9.17, 15) is 9.90 Å². The Morgan fingerprint density at radius 3 is 2.62 bits per heavy atom. The highest BCUT2D eigenvalue weighted by Crippen LogP contribution is 2.24. The topological polar surface area (TPSA) is 70.6 Å². The van der Waals surface area contributed by atoms with Crippen LogP contribution in [0.25, 0.3) is 0 Å². The summed E-state index contributed by atoms with van der Waals surface area (Å²) in [5.41, 5.74) is 0.160. The molecule has 1 aromatic carbocycles. The summed E-state index contributed by atoms with van der Waals surface area (Å²) in [5.74, 6) is 0.842. The van der Waals surface area contributed by atoms with Gasteiger partial charge >= 0.3 is 6.03 Å². The molecule has 0 aliphatic carbocycles. The second-order valence-corrected chi connectivity index (χ2v) is 6.76. The van der Waals surface area contributed by atoms with Gasteiger partial charge < -0.3 is 20.5 Å². The molecule has 0 fully saturated rings. The number of carbonyl (C=O) groups excluding carboxylic acids is 1. The zero-order chi connectivity index (χ0) is 17.4. The number of urea groups is 1. The molecular formula is C18H24N2O3S. The molecule has 6 heteroatoms. The molecule has 3 N–H and O–H groups in total. The highest BCUT2D eigenvalue weighted by atomic mass is 32.1. The zero-order valence-electron chi connectivity index (χ0n) is 14.0. The molecule has 0 unspecified atom stereocenters. The molecule has 0 saturated heterocycles. The van der Waals surface area contributed by atoms with Gasteiger partial charge in [0.1, 0.15) is 11.4 Å². The van der Waals surface area contributed by atoms with E-state index in [1.54, 1.807) is 14.0 Å². The molecule has 1 aromatic heterocycles. The van der Waals surface area contributed by atoms with E-state index in [4.69, 9.17) is 4.74 Å². The van der Waals surface area contributed by atoms with Gasteiger partial charge in [-0.15, -0.1) is 11.3 Å². The first-order valence-corrected chi connectivity index (χ1v) is 8.80. The fourth-order valence-electron chi connectivity index (χ4n) is 2.27. The second-order valence-electron chi connectivity index (χ2n) is 5.81. The molecule has 2 amide bonds. The Morgan fingerprint density at radius 2 is 2.00 bits per heavy atom. The summed E-state index contributed by atoms with van der Waals surface area (Å²) in [7, 11) is 1.65. The number of ether oxygens (including phenoxy) is 1. The minimum atomic E-state index is -1.05. The summed E-state index contributed by atoms with van der Waals surface area (Å²) in [4.78, 5) is 12.6. The number of amides is 2. The zero-order valence-corrected chi connectivity index (χ0v) is 14.9. The van der Waals surface area contributed by atoms with E-state index in [2.05, 4.69) is 10.6 Å². The molecule has 5 nitrogen and oxygen atoms in total. The van der Waals surface area contributed by atoms with Crippen LogP contribution in [-0.2, 0) is 12.0 Å². The van der Waals surface area contributed by atoms with Crippen LogP contribution in [0, 0.1) is 0 Å². The molecule has 0 aliphatic heterocycles. The lowest BCUT2D eigenvalue weighted by Crippen LogP contribution is -2.43. The average molecular weight is 348 g/mol. The lowest BCUT2D eigenvalue weighted by molar-refractivity contribution is 0.0631. The second kappa shape index (κ2) is 8.70. The molecule has 0 aliphatic rings. The summed E-state index contributed by atoms with van der Waals surface area (Å²) < 4.78 is 5.12. The monoisotopic (exact) mass is 348 g/mol. The van der Waals surface area contributed by atoms with Crippen LogP contribution in [-0.4, -0.2) is 31.3 Å². The minimum Gasteiger partial charge on any atom is -0.497 e. The van der Waals surface area contributed by atoms with Gasteiger partial charge in [0.25, 0.3) is 0 Å². The molecule has 1 heterocycles. The fraction of sp³-hybridized carbons (Fsp3) is 0.389. The van der Waals surface area contributed by atoms with Crippen LogP contribution in [0.15, 0.2) is 41.8 Å². The maximum atomic E-state index is 11.8. The third-order valence-corrected chi connectivity index (χ3v) is 4.85. The highest BCUT2D eigenvalue weighted by molar-refractivity contribution is 7.10. The van der Waals surface area contributed by atoms with Gasteiger partial charge in [-0.25, -0.2) is 4.79 Å². The van der Waals surface area contributed by atoms with E-state index in [-0.39, 0.29) is 12.6 Å². The number of methoxy groups -OCH3 is 1. The van der Waals surface area contributed by atoms with E-state index >= 15 is 0 Å². The van der Waals surface area contributed by atoms with Crippen molar-refractivity contribution in [1.29, 1.82) is 0 Å². The number of aryl methyl sites for hydroxylation is 1. The van der Waals surface area contributed by atoms with Crippen LogP contribution in [0.2, 0.25) is 0 Å². The van der Waals surface area contributed by atoms with E-state index in [1.807, 2.05) is 41.8 Å². The van der Waals surface area contributed by atoms with Crippen LogP contribution < -0.4 is 15.4 Å². The van der Waals surface area contributed by atoms with Gasteiger partial charge in [0.15, 0.2) is 0 Å². The van der Waals surface area contributed by atoms with Crippen LogP contribution in [0.5, 0.6) is 5.75 Å². The van der Waals surface area contributed by atoms with Gasteiger partial charge in [-0.05, 0) is 48.9 Å².